The average molecular weight is 483 g/mol. The van der Waals surface area contributed by atoms with Crippen molar-refractivity contribution in [3.63, 3.8) is 0 Å². The van der Waals surface area contributed by atoms with E-state index < -0.39 is 0 Å². The molecule has 2 aliphatic rings. The lowest BCUT2D eigenvalue weighted by molar-refractivity contribution is -0.152. The van der Waals surface area contributed by atoms with Crippen molar-refractivity contribution in [1.82, 2.24) is 0 Å². The van der Waals surface area contributed by atoms with Crippen LogP contribution in [0.5, 0.6) is 0 Å². The summed E-state index contributed by atoms with van der Waals surface area (Å²) in [5.41, 5.74) is 0. The molecule has 2 heterocycles. The summed E-state index contributed by atoms with van der Waals surface area (Å²) < 4.78 is 21.4. The van der Waals surface area contributed by atoms with Crippen molar-refractivity contribution in [3.8, 4) is 0 Å². The maximum atomic E-state index is 12.6. The highest BCUT2D eigenvalue weighted by atomic mass is 16.5. The van der Waals surface area contributed by atoms with Gasteiger partial charge in [-0.05, 0) is 77.0 Å². The van der Waals surface area contributed by atoms with Crippen LogP contribution in [0.2, 0.25) is 0 Å². The summed E-state index contributed by atoms with van der Waals surface area (Å²) in [5.74, 6) is -1.75. The number of esters is 4. The van der Waals surface area contributed by atoms with Crippen molar-refractivity contribution < 1.29 is 38.1 Å². The summed E-state index contributed by atoms with van der Waals surface area (Å²) in [6.07, 6.45) is 11.0. The van der Waals surface area contributed by atoms with Gasteiger partial charge in [-0.1, -0.05) is 12.8 Å². The van der Waals surface area contributed by atoms with Crippen LogP contribution in [0, 0.1) is 11.8 Å². The normalized spacial score (nSPS) is 25.4. The predicted molar refractivity (Wildman–Crippen MR) is 125 cm³/mol. The fourth-order valence-corrected chi connectivity index (χ4v) is 4.34. The van der Waals surface area contributed by atoms with Crippen LogP contribution in [0.3, 0.4) is 0 Å². The Morgan fingerprint density at radius 2 is 0.853 bits per heavy atom. The Balaban J connectivity index is 1.82. The zero-order valence-corrected chi connectivity index (χ0v) is 20.6. The second kappa shape index (κ2) is 17.3. The highest BCUT2D eigenvalue weighted by molar-refractivity contribution is 5.75. The fraction of sp³-hybridized carbons (Fsp3) is 0.846. The molecule has 0 radical (unpaired) electrons. The van der Waals surface area contributed by atoms with Gasteiger partial charge in [-0.3, -0.25) is 19.2 Å². The van der Waals surface area contributed by atoms with Crippen LogP contribution in [0.1, 0.15) is 103 Å². The first-order valence-electron chi connectivity index (χ1n) is 13.2. The third-order valence-electron chi connectivity index (χ3n) is 6.51. The Labute approximate surface area is 203 Å². The van der Waals surface area contributed by atoms with Crippen LogP contribution < -0.4 is 0 Å². The Morgan fingerprint density at radius 1 is 0.500 bits per heavy atom. The zero-order chi connectivity index (χ0) is 24.4. The van der Waals surface area contributed by atoms with Gasteiger partial charge in [0, 0.05) is 12.8 Å². The molecule has 8 heteroatoms. The molecule has 0 aromatic carbocycles. The molecule has 34 heavy (non-hydrogen) atoms. The van der Waals surface area contributed by atoms with Gasteiger partial charge in [-0.15, -0.1) is 0 Å². The molecular formula is C26H42O8. The van der Waals surface area contributed by atoms with E-state index in [0.29, 0.717) is 52.1 Å². The third kappa shape index (κ3) is 12.4. The number of cyclic esters (lactones) is 4. The highest BCUT2D eigenvalue weighted by Crippen LogP contribution is 2.23. The van der Waals surface area contributed by atoms with Crippen LogP contribution in [-0.2, 0) is 38.1 Å². The molecule has 2 fully saturated rings. The third-order valence-corrected chi connectivity index (χ3v) is 6.51. The minimum atomic E-state index is -0.352. The second-order valence-electron chi connectivity index (χ2n) is 9.36. The minimum Gasteiger partial charge on any atom is -0.466 e. The van der Waals surface area contributed by atoms with Gasteiger partial charge in [0.1, 0.15) is 0 Å². The number of hydrogen-bond donors (Lipinski definition) is 0. The molecular weight excluding hydrogens is 440 g/mol. The molecule has 2 unspecified atom stereocenters. The molecule has 0 aliphatic carbocycles. The number of ether oxygens (including phenoxy) is 4. The first kappa shape index (κ1) is 28.1. The fourth-order valence-electron chi connectivity index (χ4n) is 4.34. The van der Waals surface area contributed by atoms with E-state index in [1.807, 2.05) is 0 Å². The van der Waals surface area contributed by atoms with Crippen LogP contribution in [0.15, 0.2) is 0 Å². The molecule has 2 atom stereocenters. The maximum Gasteiger partial charge on any atom is 0.308 e. The number of unbranched alkanes of at least 4 members (excludes halogenated alkanes) is 1. The summed E-state index contributed by atoms with van der Waals surface area (Å²) in [7, 11) is 0. The summed E-state index contributed by atoms with van der Waals surface area (Å²) in [6.45, 7) is 1.69. The molecule has 2 rings (SSSR count). The minimum absolute atomic E-state index is 0.205. The summed E-state index contributed by atoms with van der Waals surface area (Å²) in [5, 5.41) is 0. The molecule has 8 nitrogen and oxygen atoms in total. The van der Waals surface area contributed by atoms with E-state index in [2.05, 4.69) is 0 Å². The number of rotatable bonds is 5. The first-order valence-corrected chi connectivity index (χ1v) is 13.2. The lowest BCUT2D eigenvalue weighted by Crippen LogP contribution is -2.21. The SMILES string of the molecule is O=C1CCC(CCCCC2CCC(=O)OCCCCCCOC2=O)C(=O)OCCCCCCO1. The van der Waals surface area contributed by atoms with E-state index in [1.165, 1.54) is 0 Å². The van der Waals surface area contributed by atoms with E-state index >= 15 is 0 Å². The van der Waals surface area contributed by atoms with Crippen molar-refractivity contribution in [2.75, 3.05) is 26.4 Å². The molecule has 0 bridgehead atoms. The van der Waals surface area contributed by atoms with E-state index in [1.54, 1.807) is 0 Å². The second-order valence-corrected chi connectivity index (χ2v) is 9.36. The van der Waals surface area contributed by atoms with Crippen molar-refractivity contribution in [1.29, 1.82) is 0 Å². The predicted octanol–water partition coefficient (Wildman–Crippen LogP) is 4.66. The first-order chi connectivity index (χ1) is 16.6. The van der Waals surface area contributed by atoms with Crippen LogP contribution in [-0.4, -0.2) is 50.3 Å². The van der Waals surface area contributed by atoms with Crippen molar-refractivity contribution in [2.24, 2.45) is 11.8 Å². The van der Waals surface area contributed by atoms with Crippen LogP contribution >= 0.6 is 0 Å². The Hall–Kier alpha value is -2.12. The number of hydrogen-bond acceptors (Lipinski definition) is 8. The standard InChI is InChI=1S/C26H42O8/c27-23-15-13-21(25(29)33-19-9-3-1-7-17-31-23)11-5-6-12-22-14-16-24(28)32-18-8-2-4-10-20-34-26(22)30/h21-22H,1-20H2. The quantitative estimate of drug-likeness (QED) is 0.316. The van der Waals surface area contributed by atoms with E-state index in [4.69, 9.17) is 18.9 Å². The number of carbonyl (C=O) groups is 4. The van der Waals surface area contributed by atoms with Crippen LogP contribution in [0.4, 0.5) is 0 Å². The molecule has 0 N–H and O–H groups in total. The molecule has 0 amide bonds. The topological polar surface area (TPSA) is 105 Å². The van der Waals surface area contributed by atoms with Gasteiger partial charge in [0.25, 0.3) is 0 Å². The van der Waals surface area contributed by atoms with Crippen molar-refractivity contribution in [2.45, 2.75) is 103 Å². The molecule has 0 spiro atoms. The highest BCUT2D eigenvalue weighted by Gasteiger charge is 2.24. The smallest absolute Gasteiger partial charge is 0.308 e. The zero-order valence-electron chi connectivity index (χ0n) is 20.6. The van der Waals surface area contributed by atoms with Crippen molar-refractivity contribution >= 4 is 23.9 Å². The molecule has 2 aliphatic heterocycles. The summed E-state index contributed by atoms with van der Waals surface area (Å²) in [4.78, 5) is 49.0. The molecule has 0 aromatic rings. The summed E-state index contributed by atoms with van der Waals surface area (Å²) in [6, 6.07) is 0. The monoisotopic (exact) mass is 482 g/mol. The largest absolute Gasteiger partial charge is 0.466 e. The molecule has 0 aromatic heterocycles. The molecule has 194 valence electrons. The van der Waals surface area contributed by atoms with Gasteiger partial charge in [-0.2, -0.15) is 0 Å². The van der Waals surface area contributed by atoms with Gasteiger partial charge >= 0.3 is 23.9 Å². The lowest BCUT2D eigenvalue weighted by Gasteiger charge is -2.18. The van der Waals surface area contributed by atoms with Crippen LogP contribution in [0.25, 0.3) is 0 Å². The van der Waals surface area contributed by atoms with Gasteiger partial charge in [0.05, 0.1) is 38.3 Å². The van der Waals surface area contributed by atoms with Gasteiger partial charge < -0.3 is 18.9 Å². The molecule has 2 saturated heterocycles. The Kier molecular flexibility index (Phi) is 14.3. The van der Waals surface area contributed by atoms with E-state index in [0.717, 1.165) is 64.2 Å². The number of carbonyl (C=O) groups excluding carboxylic acids is 4. The maximum absolute atomic E-state index is 12.6. The van der Waals surface area contributed by atoms with Crippen molar-refractivity contribution in [3.05, 3.63) is 0 Å². The van der Waals surface area contributed by atoms with Gasteiger partial charge in [0.15, 0.2) is 0 Å². The van der Waals surface area contributed by atoms with E-state index in [-0.39, 0.29) is 48.6 Å². The Morgan fingerprint density at radius 3 is 1.24 bits per heavy atom. The summed E-state index contributed by atoms with van der Waals surface area (Å²) >= 11 is 0. The van der Waals surface area contributed by atoms with Gasteiger partial charge in [-0.25, -0.2) is 0 Å². The Bertz CT molecular complexity index is 578. The van der Waals surface area contributed by atoms with Gasteiger partial charge in [0.2, 0.25) is 0 Å². The lowest BCUT2D eigenvalue weighted by atomic mass is 9.92. The average Bonchev–Trinajstić information content (AvgIpc) is 2.84. The molecule has 0 saturated carbocycles. The van der Waals surface area contributed by atoms with E-state index in [9.17, 15) is 19.2 Å².